The van der Waals surface area contributed by atoms with Crippen LogP contribution in [0, 0.1) is 12.3 Å². The van der Waals surface area contributed by atoms with Crippen LogP contribution in [0.3, 0.4) is 0 Å². The quantitative estimate of drug-likeness (QED) is 0.874. The van der Waals surface area contributed by atoms with E-state index >= 15 is 0 Å². The van der Waals surface area contributed by atoms with Gasteiger partial charge < -0.3 is 10.7 Å². The molecule has 0 spiro atoms. The summed E-state index contributed by atoms with van der Waals surface area (Å²) in [4.78, 5) is 7.54. The third-order valence-electron chi connectivity index (χ3n) is 4.30. The highest BCUT2D eigenvalue weighted by atomic mass is 35.5. The number of nitrogen functional groups attached to an aromatic ring is 1. The number of aromatic nitrogens is 2. The number of nitrogens with one attached hydrogen (secondary N) is 1. The van der Waals surface area contributed by atoms with Crippen LogP contribution in [0.2, 0.25) is 5.02 Å². The Hall–Kier alpha value is -1.48. The zero-order valence-corrected chi connectivity index (χ0v) is 12.1. The lowest BCUT2D eigenvalue weighted by Gasteiger charge is -2.04. The van der Waals surface area contributed by atoms with E-state index in [2.05, 4.69) is 29.9 Å². The van der Waals surface area contributed by atoms with Gasteiger partial charge >= 0.3 is 0 Å². The van der Waals surface area contributed by atoms with E-state index in [4.69, 9.17) is 17.3 Å². The monoisotopic (exact) mass is 275 g/mol. The summed E-state index contributed by atoms with van der Waals surface area (Å²) in [6.45, 7) is 6.54. The van der Waals surface area contributed by atoms with Crippen molar-refractivity contribution in [3.05, 3.63) is 46.2 Å². The van der Waals surface area contributed by atoms with Gasteiger partial charge in [-0.1, -0.05) is 43.6 Å². The molecular weight excluding hydrogens is 258 g/mol. The second-order valence-corrected chi connectivity index (χ2v) is 6.34. The molecule has 100 valence electrons. The fourth-order valence-corrected chi connectivity index (χ4v) is 3.51. The number of H-pyrrole nitrogens is 1. The van der Waals surface area contributed by atoms with Crippen molar-refractivity contribution in [3.63, 3.8) is 0 Å². The Kier molecular flexibility index (Phi) is 2.65. The molecule has 1 aliphatic carbocycles. The molecule has 1 aromatic heterocycles. The Labute approximate surface area is 118 Å². The zero-order chi connectivity index (χ0) is 13.8. The zero-order valence-electron chi connectivity index (χ0n) is 11.4. The number of aryl methyl sites for hydroxylation is 1. The summed E-state index contributed by atoms with van der Waals surface area (Å²) in [6.07, 6.45) is 0. The molecule has 0 radical (unpaired) electrons. The highest BCUT2D eigenvalue weighted by Crippen LogP contribution is 2.70. The van der Waals surface area contributed by atoms with Crippen molar-refractivity contribution in [2.75, 3.05) is 5.73 Å². The topological polar surface area (TPSA) is 54.7 Å². The number of rotatable bonds is 2. The number of imidazole rings is 1. The Morgan fingerprint density at radius 3 is 2.53 bits per heavy atom. The lowest BCUT2D eigenvalue weighted by Crippen LogP contribution is -1.92. The molecule has 1 heterocycles. The molecule has 3 nitrogen and oxygen atoms in total. The molecule has 2 atom stereocenters. The molecule has 0 amide bonds. The lowest BCUT2D eigenvalue weighted by atomic mass is 10.0. The van der Waals surface area contributed by atoms with Gasteiger partial charge in [0.2, 0.25) is 0 Å². The molecule has 0 saturated heterocycles. The van der Waals surface area contributed by atoms with E-state index in [0.717, 1.165) is 16.4 Å². The Balaban J connectivity index is 2.02. The fourth-order valence-electron chi connectivity index (χ4n) is 3.26. The first-order chi connectivity index (χ1) is 8.93. The number of nitrogens with zero attached hydrogens (tertiary/aromatic N) is 1. The number of hydrogen-bond donors (Lipinski definition) is 2. The Morgan fingerprint density at radius 1 is 1.26 bits per heavy atom. The summed E-state index contributed by atoms with van der Waals surface area (Å²) >= 11 is 6.33. The van der Waals surface area contributed by atoms with Crippen LogP contribution < -0.4 is 5.73 Å². The summed E-state index contributed by atoms with van der Waals surface area (Å²) in [7, 11) is 0. The second kappa shape index (κ2) is 4.01. The van der Waals surface area contributed by atoms with Gasteiger partial charge in [0.25, 0.3) is 0 Å². The number of benzene rings is 1. The van der Waals surface area contributed by atoms with Crippen molar-refractivity contribution in [2.45, 2.75) is 32.6 Å². The van der Waals surface area contributed by atoms with E-state index < -0.39 is 0 Å². The molecule has 2 aromatic rings. The van der Waals surface area contributed by atoms with Crippen molar-refractivity contribution >= 4 is 17.5 Å². The van der Waals surface area contributed by atoms with Gasteiger partial charge in [-0.3, -0.25) is 0 Å². The Morgan fingerprint density at radius 2 is 1.95 bits per heavy atom. The van der Waals surface area contributed by atoms with Crippen molar-refractivity contribution in [1.29, 1.82) is 0 Å². The van der Waals surface area contributed by atoms with Gasteiger partial charge in [-0.25, -0.2) is 4.98 Å². The Bertz CT molecular complexity index is 630. The molecule has 0 bridgehead atoms. The highest BCUT2D eigenvalue weighted by molar-refractivity contribution is 6.31. The summed E-state index contributed by atoms with van der Waals surface area (Å²) in [5, 5.41) is 0.837. The SMILES string of the molecule is Cc1[nH]c(N)nc1C1C(c2ccccc2Cl)C1(C)C. The minimum atomic E-state index is 0.164. The van der Waals surface area contributed by atoms with Crippen LogP contribution in [-0.2, 0) is 0 Å². The number of halogens is 1. The van der Waals surface area contributed by atoms with Crippen LogP contribution in [0.15, 0.2) is 24.3 Å². The molecule has 3 rings (SSSR count). The van der Waals surface area contributed by atoms with Gasteiger partial charge in [0.05, 0.1) is 5.69 Å². The molecule has 3 N–H and O–H groups in total. The van der Waals surface area contributed by atoms with Crippen molar-refractivity contribution in [1.82, 2.24) is 9.97 Å². The maximum atomic E-state index is 6.33. The third kappa shape index (κ3) is 1.84. The number of nitrogens with two attached hydrogens (primary N) is 1. The van der Waals surface area contributed by atoms with Gasteiger partial charge in [0.1, 0.15) is 0 Å². The summed E-state index contributed by atoms with van der Waals surface area (Å²) in [5.41, 5.74) is 9.26. The standard InChI is InChI=1S/C15H18ClN3/c1-8-13(19-14(17)18-8)12-11(15(12,2)3)9-6-4-5-7-10(9)16/h4-7,11-12H,1-3H3,(H3,17,18,19). The average molecular weight is 276 g/mol. The first kappa shape index (κ1) is 12.5. The van der Waals surface area contributed by atoms with E-state index in [1.807, 2.05) is 25.1 Å². The van der Waals surface area contributed by atoms with E-state index in [1.165, 1.54) is 5.56 Å². The predicted octanol–water partition coefficient (Wildman–Crippen LogP) is 3.86. The van der Waals surface area contributed by atoms with E-state index in [-0.39, 0.29) is 5.41 Å². The van der Waals surface area contributed by atoms with Gasteiger partial charge in [-0.15, -0.1) is 0 Å². The first-order valence-electron chi connectivity index (χ1n) is 6.49. The van der Waals surface area contributed by atoms with Gasteiger partial charge in [0, 0.05) is 22.6 Å². The molecule has 2 unspecified atom stereocenters. The molecule has 4 heteroatoms. The molecule has 0 aliphatic heterocycles. The van der Waals surface area contributed by atoms with Crippen molar-refractivity contribution in [3.8, 4) is 0 Å². The van der Waals surface area contributed by atoms with Crippen LogP contribution in [-0.4, -0.2) is 9.97 Å². The molecule has 1 aliphatic rings. The van der Waals surface area contributed by atoms with Crippen molar-refractivity contribution < 1.29 is 0 Å². The maximum Gasteiger partial charge on any atom is 0.197 e. The second-order valence-electron chi connectivity index (χ2n) is 5.93. The molecule has 1 saturated carbocycles. The van der Waals surface area contributed by atoms with Crippen LogP contribution >= 0.6 is 11.6 Å². The largest absolute Gasteiger partial charge is 0.369 e. The summed E-state index contributed by atoms with van der Waals surface area (Å²) in [6, 6.07) is 8.07. The van der Waals surface area contributed by atoms with Crippen LogP contribution in [0.1, 0.15) is 42.6 Å². The lowest BCUT2D eigenvalue weighted by molar-refractivity contribution is 0.598. The van der Waals surface area contributed by atoms with Gasteiger partial charge in [-0.2, -0.15) is 0 Å². The fraction of sp³-hybridized carbons (Fsp3) is 0.400. The van der Waals surface area contributed by atoms with Gasteiger partial charge in [0.15, 0.2) is 5.95 Å². The summed E-state index contributed by atoms with van der Waals surface area (Å²) < 4.78 is 0. The van der Waals surface area contributed by atoms with Crippen LogP contribution in [0.5, 0.6) is 0 Å². The minimum absolute atomic E-state index is 0.164. The molecular formula is C15H18ClN3. The predicted molar refractivity (Wildman–Crippen MR) is 78.5 cm³/mol. The van der Waals surface area contributed by atoms with E-state index in [1.54, 1.807) is 0 Å². The van der Waals surface area contributed by atoms with E-state index in [0.29, 0.717) is 17.8 Å². The van der Waals surface area contributed by atoms with E-state index in [9.17, 15) is 0 Å². The normalized spacial score (nSPS) is 24.4. The number of aromatic amines is 1. The average Bonchev–Trinajstić information content (AvgIpc) is 2.72. The number of hydrogen-bond acceptors (Lipinski definition) is 2. The molecule has 1 fully saturated rings. The third-order valence-corrected chi connectivity index (χ3v) is 4.65. The minimum Gasteiger partial charge on any atom is -0.369 e. The summed E-state index contributed by atoms with van der Waals surface area (Å²) in [5.74, 6) is 1.27. The maximum absolute atomic E-state index is 6.33. The molecule has 19 heavy (non-hydrogen) atoms. The first-order valence-corrected chi connectivity index (χ1v) is 6.87. The smallest absolute Gasteiger partial charge is 0.197 e. The highest BCUT2D eigenvalue weighted by Gasteiger charge is 2.60. The van der Waals surface area contributed by atoms with Crippen molar-refractivity contribution in [2.24, 2.45) is 5.41 Å². The van der Waals surface area contributed by atoms with Gasteiger partial charge in [-0.05, 0) is 24.0 Å². The van der Waals surface area contributed by atoms with Crippen LogP contribution in [0.4, 0.5) is 5.95 Å². The number of anilines is 1. The molecule has 1 aromatic carbocycles. The van der Waals surface area contributed by atoms with Crippen LogP contribution in [0.25, 0.3) is 0 Å².